The van der Waals surface area contributed by atoms with E-state index in [0.29, 0.717) is 0 Å². The first-order valence-corrected chi connectivity index (χ1v) is 7.81. The van der Waals surface area contributed by atoms with Gasteiger partial charge in [0.1, 0.15) is 5.82 Å². The average Bonchev–Trinajstić information content (AvgIpc) is 2.52. The normalized spacial score (nSPS) is 19.8. The molecule has 4 heteroatoms. The maximum atomic E-state index is 9.67. The lowest BCUT2D eigenvalue weighted by molar-refractivity contribution is 0.0706. The van der Waals surface area contributed by atoms with Crippen molar-refractivity contribution in [2.45, 2.75) is 25.4 Å². The van der Waals surface area contributed by atoms with Gasteiger partial charge < -0.3 is 15.3 Å². The standard InChI is InChI=1S/C17H23N3O/c21-15-6-3-11-20(13-15)12-4-9-18-17-16-7-2-1-5-14(16)8-10-19-17/h1-2,5,7-8,10,15,21H,3-4,6,9,11-13H2,(H,18,19)/t15-/m0/s1. The number of benzene rings is 1. The number of aliphatic hydroxyl groups is 1. The van der Waals surface area contributed by atoms with E-state index in [4.69, 9.17) is 0 Å². The summed E-state index contributed by atoms with van der Waals surface area (Å²) in [5.41, 5.74) is 0. The van der Waals surface area contributed by atoms with Gasteiger partial charge in [-0.05, 0) is 43.8 Å². The summed E-state index contributed by atoms with van der Waals surface area (Å²) in [4.78, 5) is 6.79. The molecule has 1 aliphatic rings. The van der Waals surface area contributed by atoms with Crippen molar-refractivity contribution in [1.29, 1.82) is 0 Å². The Morgan fingerprint density at radius 3 is 3.10 bits per heavy atom. The van der Waals surface area contributed by atoms with Gasteiger partial charge in [-0.3, -0.25) is 0 Å². The number of nitrogens with one attached hydrogen (secondary N) is 1. The van der Waals surface area contributed by atoms with Crippen molar-refractivity contribution in [3.05, 3.63) is 36.5 Å². The minimum atomic E-state index is -0.133. The molecule has 112 valence electrons. The summed E-state index contributed by atoms with van der Waals surface area (Å²) in [6.07, 6.45) is 4.85. The zero-order chi connectivity index (χ0) is 14.5. The number of anilines is 1. The first-order valence-electron chi connectivity index (χ1n) is 7.81. The van der Waals surface area contributed by atoms with Crippen LogP contribution in [0.25, 0.3) is 10.8 Å². The number of hydrogen-bond acceptors (Lipinski definition) is 4. The number of pyridine rings is 1. The highest BCUT2D eigenvalue weighted by Gasteiger charge is 2.16. The van der Waals surface area contributed by atoms with Crippen LogP contribution in [0.15, 0.2) is 36.5 Å². The number of β-amino-alcohol motifs (C(OH)–C–C–N with tert-alkyl or cyclic N) is 1. The van der Waals surface area contributed by atoms with Crippen LogP contribution in [0.1, 0.15) is 19.3 Å². The predicted molar refractivity (Wildman–Crippen MR) is 86.5 cm³/mol. The predicted octanol–water partition coefficient (Wildman–Crippen LogP) is 2.49. The number of nitrogens with zero attached hydrogens (tertiary/aromatic N) is 2. The Kier molecular flexibility index (Phi) is 4.68. The number of piperidine rings is 1. The van der Waals surface area contributed by atoms with Gasteiger partial charge in [0, 0.05) is 24.7 Å². The summed E-state index contributed by atoms with van der Waals surface area (Å²) >= 11 is 0. The molecule has 2 N–H and O–H groups in total. The van der Waals surface area contributed by atoms with Crippen LogP contribution in [0.2, 0.25) is 0 Å². The maximum absolute atomic E-state index is 9.67. The van der Waals surface area contributed by atoms with Crippen LogP contribution in [0.5, 0.6) is 0 Å². The number of aliphatic hydroxyl groups excluding tert-OH is 1. The lowest BCUT2D eigenvalue weighted by Crippen LogP contribution is -2.39. The summed E-state index contributed by atoms with van der Waals surface area (Å²) in [6.45, 7) is 3.89. The van der Waals surface area contributed by atoms with Crippen molar-refractivity contribution in [2.75, 3.05) is 31.5 Å². The monoisotopic (exact) mass is 285 g/mol. The van der Waals surface area contributed by atoms with Crippen molar-refractivity contribution in [3.63, 3.8) is 0 Å². The Hall–Kier alpha value is -1.65. The fourth-order valence-corrected chi connectivity index (χ4v) is 3.00. The highest BCUT2D eigenvalue weighted by Crippen LogP contribution is 2.20. The van der Waals surface area contributed by atoms with Gasteiger partial charge in [-0.25, -0.2) is 4.98 Å². The largest absolute Gasteiger partial charge is 0.392 e. The van der Waals surface area contributed by atoms with Gasteiger partial charge in [0.05, 0.1) is 6.10 Å². The number of likely N-dealkylation sites (tertiary alicyclic amines) is 1. The molecule has 0 radical (unpaired) electrons. The molecule has 3 rings (SSSR count). The van der Waals surface area contributed by atoms with E-state index >= 15 is 0 Å². The van der Waals surface area contributed by atoms with Gasteiger partial charge in [-0.2, -0.15) is 0 Å². The van der Waals surface area contributed by atoms with Crippen LogP contribution < -0.4 is 5.32 Å². The van der Waals surface area contributed by atoms with Crippen molar-refractivity contribution < 1.29 is 5.11 Å². The van der Waals surface area contributed by atoms with Gasteiger partial charge in [0.2, 0.25) is 0 Å². The second-order valence-electron chi connectivity index (χ2n) is 5.76. The van der Waals surface area contributed by atoms with Gasteiger partial charge in [-0.1, -0.05) is 24.3 Å². The summed E-state index contributed by atoms with van der Waals surface area (Å²) in [7, 11) is 0. The fourth-order valence-electron chi connectivity index (χ4n) is 3.00. The van der Waals surface area contributed by atoms with Crippen LogP contribution >= 0.6 is 0 Å². The highest BCUT2D eigenvalue weighted by atomic mass is 16.3. The molecule has 1 fully saturated rings. The maximum Gasteiger partial charge on any atom is 0.133 e. The summed E-state index contributed by atoms with van der Waals surface area (Å²) in [5, 5.41) is 15.5. The van der Waals surface area contributed by atoms with E-state index in [9.17, 15) is 5.11 Å². The lowest BCUT2D eigenvalue weighted by Gasteiger charge is -2.29. The molecule has 4 nitrogen and oxygen atoms in total. The third-order valence-corrected chi connectivity index (χ3v) is 4.10. The van der Waals surface area contributed by atoms with E-state index in [-0.39, 0.29) is 6.10 Å². The molecule has 21 heavy (non-hydrogen) atoms. The molecular formula is C17H23N3O. The van der Waals surface area contributed by atoms with Crippen molar-refractivity contribution in [3.8, 4) is 0 Å². The molecular weight excluding hydrogens is 262 g/mol. The molecule has 1 atom stereocenters. The summed E-state index contributed by atoms with van der Waals surface area (Å²) in [6, 6.07) is 10.3. The molecule has 0 unspecified atom stereocenters. The van der Waals surface area contributed by atoms with E-state index in [0.717, 1.165) is 51.3 Å². The Bertz CT molecular complexity index is 582. The van der Waals surface area contributed by atoms with Crippen molar-refractivity contribution in [1.82, 2.24) is 9.88 Å². The van der Waals surface area contributed by atoms with E-state index in [1.165, 1.54) is 10.8 Å². The molecule has 1 saturated heterocycles. The van der Waals surface area contributed by atoms with Crippen LogP contribution in [0, 0.1) is 0 Å². The Morgan fingerprint density at radius 2 is 2.19 bits per heavy atom. The summed E-state index contributed by atoms with van der Waals surface area (Å²) in [5.74, 6) is 0.965. The average molecular weight is 285 g/mol. The molecule has 0 aliphatic carbocycles. The first kappa shape index (κ1) is 14.3. The molecule has 1 aromatic heterocycles. The van der Waals surface area contributed by atoms with E-state index in [2.05, 4.69) is 27.3 Å². The van der Waals surface area contributed by atoms with Gasteiger partial charge in [0.25, 0.3) is 0 Å². The molecule has 2 heterocycles. The van der Waals surface area contributed by atoms with Gasteiger partial charge >= 0.3 is 0 Å². The van der Waals surface area contributed by atoms with E-state index in [1.54, 1.807) is 0 Å². The Balaban J connectivity index is 1.50. The highest BCUT2D eigenvalue weighted by molar-refractivity contribution is 5.91. The van der Waals surface area contributed by atoms with Crippen molar-refractivity contribution in [2.24, 2.45) is 0 Å². The Morgan fingerprint density at radius 1 is 1.29 bits per heavy atom. The Labute approximate surface area is 125 Å². The molecule has 0 bridgehead atoms. The molecule has 1 aromatic carbocycles. The van der Waals surface area contributed by atoms with Crippen molar-refractivity contribution >= 4 is 16.6 Å². The second-order valence-corrected chi connectivity index (χ2v) is 5.76. The smallest absolute Gasteiger partial charge is 0.133 e. The van der Waals surface area contributed by atoms with Crippen LogP contribution in [-0.4, -0.2) is 47.3 Å². The van der Waals surface area contributed by atoms with Crippen LogP contribution in [0.3, 0.4) is 0 Å². The zero-order valence-electron chi connectivity index (χ0n) is 12.3. The topological polar surface area (TPSA) is 48.4 Å². The third kappa shape index (κ3) is 3.71. The van der Waals surface area contributed by atoms with E-state index < -0.39 is 0 Å². The second kappa shape index (κ2) is 6.87. The molecule has 2 aromatic rings. The zero-order valence-corrected chi connectivity index (χ0v) is 12.3. The number of rotatable bonds is 5. The quantitative estimate of drug-likeness (QED) is 0.829. The minimum absolute atomic E-state index is 0.133. The van der Waals surface area contributed by atoms with Gasteiger partial charge in [-0.15, -0.1) is 0 Å². The molecule has 1 aliphatic heterocycles. The SMILES string of the molecule is O[C@H]1CCCN(CCCNc2nccc3ccccc23)C1. The molecule has 0 amide bonds. The number of hydrogen-bond donors (Lipinski definition) is 2. The summed E-state index contributed by atoms with van der Waals surface area (Å²) < 4.78 is 0. The first-order chi connectivity index (χ1) is 10.3. The number of fused-ring (bicyclic) bond motifs is 1. The lowest BCUT2D eigenvalue weighted by atomic mass is 10.1. The van der Waals surface area contributed by atoms with Crippen LogP contribution in [-0.2, 0) is 0 Å². The third-order valence-electron chi connectivity index (χ3n) is 4.10. The van der Waals surface area contributed by atoms with E-state index in [1.807, 2.05) is 24.4 Å². The van der Waals surface area contributed by atoms with Gasteiger partial charge in [0.15, 0.2) is 0 Å². The van der Waals surface area contributed by atoms with Crippen LogP contribution in [0.4, 0.5) is 5.82 Å². The fraction of sp³-hybridized carbons (Fsp3) is 0.471. The number of aromatic nitrogens is 1. The molecule has 0 spiro atoms. The minimum Gasteiger partial charge on any atom is -0.392 e. The molecule has 0 saturated carbocycles.